The molecule has 1 nitrogen and oxygen atoms in total. The summed E-state index contributed by atoms with van der Waals surface area (Å²) in [4.78, 5) is 10.1. The molecule has 0 aromatic carbocycles. The second-order valence-corrected chi connectivity index (χ2v) is 15.2. The predicted molar refractivity (Wildman–Crippen MR) is 71.0 cm³/mol. The highest BCUT2D eigenvalue weighted by Gasteiger charge is 2.38. The van der Waals surface area contributed by atoms with Crippen LogP contribution in [0.25, 0.3) is 0 Å². The second kappa shape index (κ2) is 4.23. The average Bonchev–Trinajstić information content (AvgIpc) is 1.75. The van der Waals surface area contributed by atoms with Gasteiger partial charge in [-0.15, -0.1) is 0 Å². The van der Waals surface area contributed by atoms with E-state index in [2.05, 4.69) is 54.6 Å². The lowest BCUT2D eigenvalue weighted by Crippen LogP contribution is -2.38. The molecular weight excluding hydrogens is 207 g/mol. The molecule has 1 N–H and O–H groups in total. The third-order valence-electron chi connectivity index (χ3n) is 2.16. The van der Waals surface area contributed by atoms with Crippen molar-refractivity contribution in [2.45, 2.75) is 64.9 Å². The van der Waals surface area contributed by atoms with E-state index in [0.717, 1.165) is 5.79 Å². The van der Waals surface area contributed by atoms with E-state index in [1.807, 2.05) is 0 Å². The summed E-state index contributed by atoms with van der Waals surface area (Å²) in [6, 6.07) is 0. The Balaban J connectivity index is 4.78. The molecule has 0 radical (unpaired) electrons. The lowest BCUT2D eigenvalue weighted by Gasteiger charge is -2.43. The van der Waals surface area contributed by atoms with E-state index < -0.39 is 8.32 Å². The molecule has 0 spiro atoms. The van der Waals surface area contributed by atoms with Crippen molar-refractivity contribution in [2.75, 3.05) is 5.79 Å². The van der Waals surface area contributed by atoms with Gasteiger partial charge in [-0.25, -0.2) is 0 Å². The van der Waals surface area contributed by atoms with Gasteiger partial charge in [-0.1, -0.05) is 49.5 Å². The molecule has 0 unspecified atom stereocenters. The Morgan fingerprint density at radius 2 is 1.21 bits per heavy atom. The fourth-order valence-electron chi connectivity index (χ4n) is 1.87. The van der Waals surface area contributed by atoms with Crippen LogP contribution in [0.4, 0.5) is 0 Å². The van der Waals surface area contributed by atoms with Crippen LogP contribution in [0.3, 0.4) is 0 Å². The van der Waals surface area contributed by atoms with E-state index in [9.17, 15) is 4.80 Å². The summed E-state index contributed by atoms with van der Waals surface area (Å²) < 4.78 is 0. The second-order valence-electron chi connectivity index (χ2n) is 6.74. The topological polar surface area (TPSA) is 20.2 Å². The summed E-state index contributed by atoms with van der Waals surface area (Å²) in [6.45, 7) is 18.0. The summed E-state index contributed by atoms with van der Waals surface area (Å²) in [5.41, 5.74) is 0. The zero-order chi connectivity index (χ0) is 11.8. The molecule has 0 aromatic rings. The fourth-order valence-corrected chi connectivity index (χ4v) is 10.8. The van der Waals surface area contributed by atoms with E-state index in [1.165, 1.54) is 0 Å². The van der Waals surface area contributed by atoms with Crippen LogP contribution in [-0.4, -0.2) is 29.2 Å². The summed E-state index contributed by atoms with van der Waals surface area (Å²) >= 11 is 0. The molecule has 0 aliphatic carbocycles. The maximum Gasteiger partial charge on any atom is 0.186 e. The molecule has 86 valence electrons. The van der Waals surface area contributed by atoms with Crippen molar-refractivity contribution in [3.8, 4) is 0 Å². The smallest absolute Gasteiger partial charge is 0.186 e. The molecular formula is C11H27OPSi. The number of hydrogen-bond acceptors (Lipinski definition) is 1. The van der Waals surface area contributed by atoms with Crippen LogP contribution in [0.1, 0.15) is 41.5 Å². The number of rotatable bonds is 2. The molecule has 0 heterocycles. The van der Waals surface area contributed by atoms with Crippen LogP contribution in [-0.2, 0) is 0 Å². The van der Waals surface area contributed by atoms with Crippen LogP contribution < -0.4 is 0 Å². The van der Waals surface area contributed by atoms with Gasteiger partial charge in [-0.3, -0.25) is 0 Å². The van der Waals surface area contributed by atoms with Gasteiger partial charge in [-0.2, -0.15) is 0 Å². The van der Waals surface area contributed by atoms with Gasteiger partial charge in [0.25, 0.3) is 0 Å². The van der Waals surface area contributed by atoms with Crippen LogP contribution in [0.15, 0.2) is 0 Å². The highest BCUT2D eigenvalue weighted by Crippen LogP contribution is 2.59. The molecule has 0 atom stereocenters. The third-order valence-corrected chi connectivity index (χ3v) is 9.76. The molecule has 0 bridgehead atoms. The Kier molecular flexibility index (Phi) is 4.41. The minimum Gasteiger partial charge on any atom is -0.432 e. The Morgan fingerprint density at radius 3 is 1.29 bits per heavy atom. The molecule has 0 saturated heterocycles. The van der Waals surface area contributed by atoms with Gasteiger partial charge in [0.1, 0.15) is 0 Å². The Morgan fingerprint density at radius 1 is 0.929 bits per heavy atom. The molecule has 3 heteroatoms. The summed E-state index contributed by atoms with van der Waals surface area (Å²) in [7, 11) is -2.03. The molecule has 0 aliphatic heterocycles. The van der Waals surface area contributed by atoms with Gasteiger partial charge in [-0.05, 0) is 29.2 Å². The van der Waals surface area contributed by atoms with E-state index in [-0.39, 0.29) is 7.92 Å². The van der Waals surface area contributed by atoms with Gasteiger partial charge in [0.05, 0.1) is 0 Å². The van der Waals surface area contributed by atoms with Gasteiger partial charge in [0, 0.05) is 0 Å². The summed E-state index contributed by atoms with van der Waals surface area (Å²) in [5, 5.41) is 0.696. The zero-order valence-corrected chi connectivity index (χ0v) is 13.0. The third kappa shape index (κ3) is 5.48. The van der Waals surface area contributed by atoms with Gasteiger partial charge >= 0.3 is 0 Å². The molecule has 0 aromatic heterocycles. The van der Waals surface area contributed by atoms with Crippen molar-refractivity contribution in [1.82, 2.24) is 0 Å². The van der Waals surface area contributed by atoms with Gasteiger partial charge in [0.2, 0.25) is 0 Å². The maximum atomic E-state index is 10.1. The summed E-state index contributed by atoms with van der Waals surface area (Å²) in [5.74, 6) is 1.06. The number of hydrogen-bond donors (Lipinski definition) is 1. The van der Waals surface area contributed by atoms with Gasteiger partial charge in [0.15, 0.2) is 8.32 Å². The lowest BCUT2D eigenvalue weighted by molar-refractivity contribution is 0.556. The van der Waals surface area contributed by atoms with Gasteiger partial charge < -0.3 is 4.80 Å². The SMILES string of the molecule is CC(C)(C)P(C[Si](C)(C)O)C(C)(C)C. The molecule has 0 rings (SSSR count). The first-order valence-electron chi connectivity index (χ1n) is 5.34. The van der Waals surface area contributed by atoms with Crippen LogP contribution in [0, 0.1) is 0 Å². The Bertz CT molecular complexity index is 169. The van der Waals surface area contributed by atoms with Crippen molar-refractivity contribution >= 4 is 16.2 Å². The first kappa shape index (κ1) is 14.6. The predicted octanol–water partition coefficient (Wildman–Crippen LogP) is 3.80. The van der Waals surface area contributed by atoms with Crippen molar-refractivity contribution < 1.29 is 4.80 Å². The molecule has 0 amide bonds. The van der Waals surface area contributed by atoms with E-state index in [1.54, 1.807) is 0 Å². The largest absolute Gasteiger partial charge is 0.432 e. The first-order valence-corrected chi connectivity index (χ1v) is 10.0. The van der Waals surface area contributed by atoms with E-state index in [4.69, 9.17) is 0 Å². The Labute approximate surface area is 92.2 Å². The van der Waals surface area contributed by atoms with Crippen LogP contribution in [0.2, 0.25) is 13.1 Å². The van der Waals surface area contributed by atoms with Crippen molar-refractivity contribution in [2.24, 2.45) is 0 Å². The maximum absolute atomic E-state index is 10.1. The van der Waals surface area contributed by atoms with Crippen LogP contribution in [0.5, 0.6) is 0 Å². The highest BCUT2D eigenvalue weighted by molar-refractivity contribution is 7.63. The standard InChI is InChI=1S/C11H27OPSi/c1-10(2,3)13(11(4,5)6)9-14(7,8)12/h12H,9H2,1-8H3. The molecule has 0 fully saturated rings. The van der Waals surface area contributed by atoms with Crippen molar-refractivity contribution in [1.29, 1.82) is 0 Å². The average molecular weight is 234 g/mol. The first-order chi connectivity index (χ1) is 5.84. The van der Waals surface area contributed by atoms with E-state index >= 15 is 0 Å². The Hall–Kier alpha value is 0.607. The van der Waals surface area contributed by atoms with Crippen molar-refractivity contribution in [3.05, 3.63) is 0 Å². The lowest BCUT2D eigenvalue weighted by atomic mass is 10.2. The fraction of sp³-hybridized carbons (Fsp3) is 1.00. The molecule has 14 heavy (non-hydrogen) atoms. The monoisotopic (exact) mass is 234 g/mol. The minimum absolute atomic E-state index is 0.119. The summed E-state index contributed by atoms with van der Waals surface area (Å²) in [6.07, 6.45) is 0. The quantitative estimate of drug-likeness (QED) is 0.569. The molecule has 0 saturated carbocycles. The normalized spacial score (nSPS) is 15.0. The molecule has 0 aliphatic rings. The van der Waals surface area contributed by atoms with Crippen LogP contribution >= 0.6 is 7.92 Å². The zero-order valence-electron chi connectivity index (χ0n) is 11.1. The van der Waals surface area contributed by atoms with Crippen molar-refractivity contribution in [3.63, 3.8) is 0 Å². The highest BCUT2D eigenvalue weighted by atomic mass is 31.1. The van der Waals surface area contributed by atoms with E-state index in [0.29, 0.717) is 10.3 Å². The minimum atomic E-state index is -1.91.